The van der Waals surface area contributed by atoms with Gasteiger partial charge in [-0.05, 0) is 12.8 Å². The first-order chi connectivity index (χ1) is 11.0. The summed E-state index contributed by atoms with van der Waals surface area (Å²) in [5, 5.41) is 7.37. The standard InChI is InChI=1S/C16H27N5O2/c1-5-17-16(21-8-6-20(7-9-21)13(4)22)18-11-14-10-15(12(2)3)19-23-14/h10,12H,5-9,11H2,1-4H3,(H,17,18). The SMILES string of the molecule is CCNC(=NCc1cc(C(C)C)no1)N1CCN(C(C)=O)CC1. The highest BCUT2D eigenvalue weighted by molar-refractivity contribution is 5.80. The number of aromatic nitrogens is 1. The second-order valence-corrected chi connectivity index (χ2v) is 6.04. The molecule has 1 aromatic rings. The first-order valence-electron chi connectivity index (χ1n) is 8.25. The summed E-state index contributed by atoms with van der Waals surface area (Å²) in [5.41, 5.74) is 0.954. The van der Waals surface area contributed by atoms with Crippen molar-refractivity contribution in [1.29, 1.82) is 0 Å². The van der Waals surface area contributed by atoms with Gasteiger partial charge in [-0.1, -0.05) is 19.0 Å². The van der Waals surface area contributed by atoms with Crippen LogP contribution in [0.1, 0.15) is 45.1 Å². The molecule has 2 rings (SSSR count). The van der Waals surface area contributed by atoms with Crippen molar-refractivity contribution in [2.45, 2.75) is 40.2 Å². The Morgan fingerprint density at radius 3 is 2.52 bits per heavy atom. The van der Waals surface area contributed by atoms with E-state index in [4.69, 9.17) is 4.52 Å². The molecule has 0 aliphatic carbocycles. The van der Waals surface area contributed by atoms with Crippen LogP contribution in [0.3, 0.4) is 0 Å². The average molecular weight is 321 g/mol. The van der Waals surface area contributed by atoms with E-state index in [0.29, 0.717) is 12.5 Å². The van der Waals surface area contributed by atoms with E-state index in [1.807, 2.05) is 17.9 Å². The van der Waals surface area contributed by atoms with E-state index >= 15 is 0 Å². The monoisotopic (exact) mass is 321 g/mol. The molecular formula is C16H27N5O2. The van der Waals surface area contributed by atoms with Gasteiger partial charge in [0.25, 0.3) is 0 Å². The zero-order valence-corrected chi connectivity index (χ0v) is 14.5. The van der Waals surface area contributed by atoms with Gasteiger partial charge in [-0.15, -0.1) is 0 Å². The maximum absolute atomic E-state index is 11.4. The van der Waals surface area contributed by atoms with Crippen molar-refractivity contribution >= 4 is 11.9 Å². The number of carbonyl (C=O) groups excluding carboxylic acids is 1. The lowest BCUT2D eigenvalue weighted by Gasteiger charge is -2.36. The topological polar surface area (TPSA) is 74.0 Å². The van der Waals surface area contributed by atoms with Crippen LogP contribution in [0.15, 0.2) is 15.6 Å². The number of nitrogens with zero attached hydrogens (tertiary/aromatic N) is 4. The lowest BCUT2D eigenvalue weighted by atomic mass is 10.1. The number of hydrogen-bond acceptors (Lipinski definition) is 4. The Kier molecular flexibility index (Phi) is 6.01. The normalized spacial score (nSPS) is 16.1. The third kappa shape index (κ3) is 4.71. The van der Waals surface area contributed by atoms with E-state index in [9.17, 15) is 4.79 Å². The molecule has 0 atom stereocenters. The maximum atomic E-state index is 11.4. The van der Waals surface area contributed by atoms with E-state index < -0.39 is 0 Å². The summed E-state index contributed by atoms with van der Waals surface area (Å²) in [4.78, 5) is 20.1. The molecule has 7 heteroatoms. The summed E-state index contributed by atoms with van der Waals surface area (Å²) in [6, 6.07) is 1.96. The van der Waals surface area contributed by atoms with E-state index in [0.717, 1.165) is 50.1 Å². The number of carbonyl (C=O) groups is 1. The van der Waals surface area contributed by atoms with Crippen molar-refractivity contribution < 1.29 is 9.32 Å². The van der Waals surface area contributed by atoms with Crippen molar-refractivity contribution in [1.82, 2.24) is 20.3 Å². The second kappa shape index (κ2) is 7.99. The molecule has 1 aromatic heterocycles. The molecule has 0 spiro atoms. The smallest absolute Gasteiger partial charge is 0.219 e. The molecule has 0 aromatic carbocycles. The Morgan fingerprint density at radius 1 is 1.35 bits per heavy atom. The van der Waals surface area contributed by atoms with Crippen LogP contribution in [0.5, 0.6) is 0 Å². The molecule has 0 radical (unpaired) electrons. The lowest BCUT2D eigenvalue weighted by Crippen LogP contribution is -2.53. The summed E-state index contributed by atoms with van der Waals surface area (Å²) in [6.45, 7) is 12.2. The quantitative estimate of drug-likeness (QED) is 0.671. The fourth-order valence-corrected chi connectivity index (χ4v) is 2.49. The van der Waals surface area contributed by atoms with Gasteiger partial charge < -0.3 is 19.6 Å². The lowest BCUT2D eigenvalue weighted by molar-refractivity contribution is -0.130. The van der Waals surface area contributed by atoms with Crippen LogP contribution in [0.4, 0.5) is 0 Å². The zero-order chi connectivity index (χ0) is 16.8. The number of nitrogens with one attached hydrogen (secondary N) is 1. The largest absolute Gasteiger partial charge is 0.359 e. The number of piperazine rings is 1. The summed E-state index contributed by atoms with van der Waals surface area (Å²) in [7, 11) is 0. The fraction of sp³-hybridized carbons (Fsp3) is 0.688. The van der Waals surface area contributed by atoms with Gasteiger partial charge in [0.2, 0.25) is 5.91 Å². The Bertz CT molecular complexity index is 544. The zero-order valence-electron chi connectivity index (χ0n) is 14.5. The predicted molar refractivity (Wildman–Crippen MR) is 89.2 cm³/mol. The minimum atomic E-state index is 0.134. The number of rotatable bonds is 4. The summed E-state index contributed by atoms with van der Waals surface area (Å²) >= 11 is 0. The van der Waals surface area contributed by atoms with E-state index in [-0.39, 0.29) is 5.91 Å². The highest BCUT2D eigenvalue weighted by Gasteiger charge is 2.21. The van der Waals surface area contributed by atoms with Gasteiger partial charge in [0.05, 0.1) is 5.69 Å². The van der Waals surface area contributed by atoms with Crippen LogP contribution in [0, 0.1) is 0 Å². The Balaban J connectivity index is 1.98. The molecule has 0 unspecified atom stereocenters. The molecule has 1 fully saturated rings. The number of aliphatic imine (C=N–C) groups is 1. The Morgan fingerprint density at radius 2 is 2.00 bits per heavy atom. The van der Waals surface area contributed by atoms with Gasteiger partial charge in [-0.25, -0.2) is 4.99 Å². The van der Waals surface area contributed by atoms with Gasteiger partial charge in [0.15, 0.2) is 11.7 Å². The Labute approximate surface area is 137 Å². The molecule has 23 heavy (non-hydrogen) atoms. The molecule has 1 N–H and O–H groups in total. The van der Waals surface area contributed by atoms with E-state index in [1.54, 1.807) is 6.92 Å². The summed E-state index contributed by atoms with van der Waals surface area (Å²) in [5.74, 6) is 2.11. The van der Waals surface area contributed by atoms with Crippen LogP contribution in [0.2, 0.25) is 0 Å². The highest BCUT2D eigenvalue weighted by Crippen LogP contribution is 2.14. The van der Waals surface area contributed by atoms with Crippen LogP contribution in [-0.4, -0.2) is 59.5 Å². The highest BCUT2D eigenvalue weighted by atomic mass is 16.5. The molecule has 128 valence electrons. The van der Waals surface area contributed by atoms with Gasteiger partial charge in [-0.2, -0.15) is 0 Å². The molecule has 0 saturated carbocycles. The Hall–Kier alpha value is -2.05. The predicted octanol–water partition coefficient (Wildman–Crippen LogP) is 1.43. The number of guanidine groups is 1. The molecule has 2 heterocycles. The minimum absolute atomic E-state index is 0.134. The molecule has 1 aliphatic heterocycles. The van der Waals surface area contributed by atoms with Crippen molar-refractivity contribution in [2.24, 2.45) is 4.99 Å². The van der Waals surface area contributed by atoms with Crippen molar-refractivity contribution in [3.63, 3.8) is 0 Å². The molecule has 1 aliphatic rings. The van der Waals surface area contributed by atoms with Crippen LogP contribution in [0.25, 0.3) is 0 Å². The van der Waals surface area contributed by atoms with Crippen molar-refractivity contribution in [2.75, 3.05) is 32.7 Å². The third-order valence-electron chi connectivity index (χ3n) is 3.91. The van der Waals surface area contributed by atoms with Crippen LogP contribution >= 0.6 is 0 Å². The van der Waals surface area contributed by atoms with Crippen LogP contribution in [-0.2, 0) is 11.3 Å². The van der Waals surface area contributed by atoms with Gasteiger partial charge in [-0.3, -0.25) is 4.79 Å². The minimum Gasteiger partial charge on any atom is -0.359 e. The van der Waals surface area contributed by atoms with Crippen molar-refractivity contribution in [3.8, 4) is 0 Å². The maximum Gasteiger partial charge on any atom is 0.219 e. The number of amides is 1. The van der Waals surface area contributed by atoms with E-state index in [2.05, 4.69) is 34.2 Å². The molecular weight excluding hydrogens is 294 g/mol. The van der Waals surface area contributed by atoms with Gasteiger partial charge in [0.1, 0.15) is 6.54 Å². The first-order valence-corrected chi connectivity index (χ1v) is 8.25. The first kappa shape index (κ1) is 17.3. The second-order valence-electron chi connectivity index (χ2n) is 6.04. The number of hydrogen-bond donors (Lipinski definition) is 1. The molecule has 0 bridgehead atoms. The van der Waals surface area contributed by atoms with Gasteiger partial charge >= 0.3 is 0 Å². The van der Waals surface area contributed by atoms with Crippen LogP contribution < -0.4 is 5.32 Å². The van der Waals surface area contributed by atoms with Gasteiger partial charge in [0, 0.05) is 45.7 Å². The fourth-order valence-electron chi connectivity index (χ4n) is 2.49. The van der Waals surface area contributed by atoms with E-state index in [1.165, 1.54) is 0 Å². The summed E-state index contributed by atoms with van der Waals surface area (Å²) < 4.78 is 5.33. The summed E-state index contributed by atoms with van der Waals surface area (Å²) in [6.07, 6.45) is 0. The molecule has 7 nitrogen and oxygen atoms in total. The molecule has 1 saturated heterocycles. The third-order valence-corrected chi connectivity index (χ3v) is 3.91. The average Bonchev–Trinajstić information content (AvgIpc) is 3.01. The molecule has 1 amide bonds. The van der Waals surface area contributed by atoms with Crippen molar-refractivity contribution in [3.05, 3.63) is 17.5 Å².